The fourth-order valence-corrected chi connectivity index (χ4v) is 13.1. The summed E-state index contributed by atoms with van der Waals surface area (Å²) in [5, 5.41) is 4.68. The van der Waals surface area contributed by atoms with Crippen molar-refractivity contribution in [1.29, 1.82) is 0 Å². The molecule has 0 N–H and O–H groups in total. The van der Waals surface area contributed by atoms with Gasteiger partial charge in [0.05, 0.1) is 11.3 Å². The summed E-state index contributed by atoms with van der Waals surface area (Å²) in [6.07, 6.45) is 1.11. The molecule has 0 spiro atoms. The Balaban J connectivity index is 1.32. The molecule has 0 aromatic heterocycles. The molecule has 2 atom stereocenters. The Kier molecular flexibility index (Phi) is 12.3. The lowest BCUT2D eigenvalue weighted by molar-refractivity contribution is 0.0980. The highest BCUT2D eigenvalue weighted by Gasteiger charge is 2.34. The van der Waals surface area contributed by atoms with Crippen molar-refractivity contribution in [1.82, 2.24) is 0 Å². The van der Waals surface area contributed by atoms with Gasteiger partial charge in [0, 0.05) is 15.6 Å². The van der Waals surface area contributed by atoms with Gasteiger partial charge in [-0.3, -0.25) is 9.59 Å². The molecule has 260 valence electrons. The van der Waals surface area contributed by atoms with Gasteiger partial charge in [-0.15, -0.1) is 0 Å². The van der Waals surface area contributed by atoms with Crippen LogP contribution in [0.5, 0.6) is 0 Å². The van der Waals surface area contributed by atoms with Crippen LogP contribution in [0.15, 0.2) is 205 Å². The van der Waals surface area contributed by atoms with E-state index in [0.29, 0.717) is 12.8 Å². The van der Waals surface area contributed by atoms with Gasteiger partial charge in [0.1, 0.15) is 0 Å². The van der Waals surface area contributed by atoms with Crippen LogP contribution in [0.4, 0.5) is 0 Å². The van der Waals surface area contributed by atoms with E-state index in [1.54, 1.807) is 0 Å². The monoisotopic (exact) mass is 788 g/mol. The summed E-state index contributed by atoms with van der Waals surface area (Å²) in [4.78, 5) is 29.4. The van der Waals surface area contributed by atoms with E-state index >= 15 is 0 Å². The van der Waals surface area contributed by atoms with Gasteiger partial charge in [-0.2, -0.15) is 0 Å². The van der Waals surface area contributed by atoms with Crippen LogP contribution < -0.4 is 21.2 Å². The Labute approximate surface area is 323 Å². The van der Waals surface area contributed by atoms with Gasteiger partial charge in [0.2, 0.25) is 0 Å². The number of benzene rings is 7. The standard InChI is InChI=1S/C48H39BrO2P2/c49-40-32-36(34-45(47(50)38-19-7-1-8-20-38)52(41-23-11-3-12-24-41)42-25-13-4-14-26-42)31-37(33-40)35-46(48(51)39-21-9-2-10-22-39)53(43-27-15-5-16-28-43)44-29-17-6-18-30-44/h1-33,45-46H,34-35H2/t45-,46-/m1/s1. The number of carbonyl (C=O) groups excluding carboxylic acids is 2. The van der Waals surface area contributed by atoms with Crippen LogP contribution in [0.25, 0.3) is 0 Å². The SMILES string of the molecule is O=C(c1ccccc1)[C@@H](Cc1cc(Br)cc(C[C@H](C(=O)c2ccccc2)P(c2ccccc2)c2ccccc2)c1)P(c1ccccc1)c1ccccc1. The molecule has 0 aliphatic rings. The summed E-state index contributed by atoms with van der Waals surface area (Å²) in [6.45, 7) is 0. The highest BCUT2D eigenvalue weighted by Crippen LogP contribution is 2.45. The van der Waals surface area contributed by atoms with Crippen molar-refractivity contribution in [3.8, 4) is 0 Å². The van der Waals surface area contributed by atoms with Crippen LogP contribution in [0.3, 0.4) is 0 Å². The Morgan fingerprint density at radius 3 is 0.943 bits per heavy atom. The molecule has 2 nitrogen and oxygen atoms in total. The summed E-state index contributed by atoms with van der Waals surface area (Å²) in [6, 6.07) is 67.8. The average Bonchev–Trinajstić information content (AvgIpc) is 3.22. The summed E-state index contributed by atoms with van der Waals surface area (Å²) in [7, 11) is -2.13. The van der Waals surface area contributed by atoms with Crippen molar-refractivity contribution in [2.75, 3.05) is 0 Å². The molecule has 0 aliphatic heterocycles. The van der Waals surface area contributed by atoms with Gasteiger partial charge in [0.15, 0.2) is 11.6 Å². The van der Waals surface area contributed by atoms with Crippen molar-refractivity contribution < 1.29 is 9.59 Å². The van der Waals surface area contributed by atoms with Gasteiger partial charge in [-0.1, -0.05) is 204 Å². The minimum atomic E-state index is -1.06. The van der Waals surface area contributed by atoms with Crippen LogP contribution in [0, 0.1) is 0 Å². The van der Waals surface area contributed by atoms with Gasteiger partial charge in [-0.05, 0) is 73.2 Å². The highest BCUT2D eigenvalue weighted by atomic mass is 79.9. The topological polar surface area (TPSA) is 34.1 Å². The molecule has 0 bridgehead atoms. The van der Waals surface area contributed by atoms with E-state index in [9.17, 15) is 9.59 Å². The molecule has 7 rings (SSSR count). The van der Waals surface area contributed by atoms with Crippen molar-refractivity contribution in [2.24, 2.45) is 0 Å². The number of Topliss-reactive ketones (excluding diaryl/α,β-unsaturated/α-hetero) is 2. The van der Waals surface area contributed by atoms with Gasteiger partial charge < -0.3 is 0 Å². The third-order valence-electron chi connectivity index (χ3n) is 9.36. The first-order valence-corrected chi connectivity index (χ1v) is 21.4. The number of hydrogen-bond donors (Lipinski definition) is 0. The number of rotatable bonds is 14. The van der Waals surface area contributed by atoms with E-state index in [4.69, 9.17) is 0 Å². The number of hydrogen-bond acceptors (Lipinski definition) is 2. The zero-order valence-corrected chi connectivity index (χ0v) is 32.6. The molecule has 7 aromatic carbocycles. The molecule has 0 radical (unpaired) electrons. The van der Waals surface area contributed by atoms with Gasteiger partial charge in [0.25, 0.3) is 0 Å². The third-order valence-corrected chi connectivity index (χ3v) is 15.3. The molecule has 5 heteroatoms. The molecule has 0 saturated carbocycles. The predicted molar refractivity (Wildman–Crippen MR) is 229 cm³/mol. The molecule has 0 aliphatic carbocycles. The third kappa shape index (κ3) is 9.06. The number of carbonyl (C=O) groups is 2. The maximum atomic E-state index is 14.7. The highest BCUT2D eigenvalue weighted by molar-refractivity contribution is 9.10. The Morgan fingerprint density at radius 2 is 0.660 bits per heavy atom. The van der Waals surface area contributed by atoms with E-state index in [1.807, 2.05) is 84.9 Å². The van der Waals surface area contributed by atoms with Gasteiger partial charge in [-0.25, -0.2) is 0 Å². The van der Waals surface area contributed by atoms with Crippen LogP contribution in [-0.2, 0) is 12.8 Å². The van der Waals surface area contributed by atoms with E-state index in [2.05, 4.69) is 131 Å². The summed E-state index contributed by atoms with van der Waals surface area (Å²) >= 11 is 3.85. The smallest absolute Gasteiger partial charge is 0.171 e. The zero-order chi connectivity index (χ0) is 36.4. The quantitative estimate of drug-likeness (QED) is 0.0813. The van der Waals surface area contributed by atoms with Crippen molar-refractivity contribution in [3.05, 3.63) is 227 Å². The van der Waals surface area contributed by atoms with E-state index < -0.39 is 15.8 Å². The number of ketones is 2. The molecule has 0 unspecified atom stereocenters. The first kappa shape index (κ1) is 36.6. The molecule has 0 fully saturated rings. The van der Waals surface area contributed by atoms with Crippen LogP contribution in [0.2, 0.25) is 0 Å². The van der Waals surface area contributed by atoms with Crippen molar-refractivity contribution in [2.45, 2.75) is 24.2 Å². The van der Waals surface area contributed by atoms with Gasteiger partial charge >= 0.3 is 0 Å². The minimum Gasteiger partial charge on any atom is -0.293 e. The molecule has 53 heavy (non-hydrogen) atoms. The molecule has 0 amide bonds. The predicted octanol–water partition coefficient (Wildman–Crippen LogP) is 10.3. The maximum Gasteiger partial charge on any atom is 0.171 e. The number of halogens is 1. The second kappa shape index (κ2) is 17.8. The normalized spacial score (nSPS) is 12.4. The maximum absolute atomic E-state index is 14.7. The fourth-order valence-electron chi connectivity index (χ4n) is 6.96. The van der Waals surface area contributed by atoms with Crippen LogP contribution in [0.1, 0.15) is 31.8 Å². The summed E-state index contributed by atoms with van der Waals surface area (Å²) in [5.74, 6) is 0.277. The Hall–Kier alpha value is -4.78. The molecular weight excluding hydrogens is 750 g/mol. The average molecular weight is 790 g/mol. The second-order valence-electron chi connectivity index (χ2n) is 13.0. The summed E-state index contributed by atoms with van der Waals surface area (Å²) in [5.41, 5.74) is 2.95. The molecule has 7 aromatic rings. The molecule has 0 heterocycles. The zero-order valence-electron chi connectivity index (χ0n) is 29.2. The molecule has 0 saturated heterocycles. The van der Waals surface area contributed by atoms with E-state index in [0.717, 1.165) is 26.7 Å². The van der Waals surface area contributed by atoms with Crippen molar-refractivity contribution in [3.63, 3.8) is 0 Å². The van der Waals surface area contributed by atoms with Crippen molar-refractivity contribution >= 4 is 64.6 Å². The first-order valence-electron chi connectivity index (χ1n) is 17.8. The van der Waals surface area contributed by atoms with Crippen LogP contribution in [-0.4, -0.2) is 22.9 Å². The second-order valence-corrected chi connectivity index (χ2v) is 18.7. The molecular formula is C48H39BrO2P2. The fraction of sp³-hybridized carbons (Fsp3) is 0.0833. The Bertz CT molecular complexity index is 2000. The first-order chi connectivity index (χ1) is 26.0. The largest absolute Gasteiger partial charge is 0.293 e. The summed E-state index contributed by atoms with van der Waals surface area (Å²) < 4.78 is 0.939. The lowest BCUT2D eigenvalue weighted by atomic mass is 9.98. The minimum absolute atomic E-state index is 0.139. The lowest BCUT2D eigenvalue weighted by Gasteiger charge is -2.29. The van der Waals surface area contributed by atoms with E-state index in [1.165, 1.54) is 21.2 Å². The lowest BCUT2D eigenvalue weighted by Crippen LogP contribution is -2.31. The Morgan fingerprint density at radius 1 is 0.396 bits per heavy atom. The van der Waals surface area contributed by atoms with Crippen LogP contribution >= 0.6 is 31.8 Å². The van der Waals surface area contributed by atoms with E-state index in [-0.39, 0.29) is 22.9 Å².